The molecule has 1 unspecified atom stereocenters. The van der Waals surface area contributed by atoms with Crippen molar-refractivity contribution in [3.8, 4) is 0 Å². The van der Waals surface area contributed by atoms with E-state index in [0.29, 0.717) is 12.3 Å². The fourth-order valence-corrected chi connectivity index (χ4v) is 4.32. The van der Waals surface area contributed by atoms with Crippen molar-refractivity contribution >= 4 is 47.7 Å². The molecule has 1 heterocycles. The number of methoxy groups -OCH3 is 1. The van der Waals surface area contributed by atoms with Crippen LogP contribution in [-0.2, 0) is 9.53 Å². The van der Waals surface area contributed by atoms with Crippen molar-refractivity contribution in [3.05, 3.63) is 30.3 Å². The molecule has 1 atom stereocenters. The average molecular weight is 519 g/mol. The number of rotatable bonds is 10. The lowest BCUT2D eigenvalue weighted by Gasteiger charge is -2.21. The van der Waals surface area contributed by atoms with E-state index in [9.17, 15) is 4.79 Å². The molecule has 1 aliphatic heterocycles. The van der Waals surface area contributed by atoms with Crippen LogP contribution in [-0.4, -0.2) is 56.4 Å². The summed E-state index contributed by atoms with van der Waals surface area (Å²) in [6.07, 6.45) is 5.96. The van der Waals surface area contributed by atoms with E-state index in [1.807, 2.05) is 18.8 Å². The molecule has 0 amide bonds. The number of guanidine groups is 1. The van der Waals surface area contributed by atoms with Gasteiger partial charge in [-0.05, 0) is 37.3 Å². The minimum atomic E-state index is -0.109. The maximum atomic E-state index is 11.1. The number of esters is 1. The first kappa shape index (κ1) is 25.1. The van der Waals surface area contributed by atoms with Gasteiger partial charge in [0.1, 0.15) is 0 Å². The molecule has 1 N–H and O–H groups in total. The highest BCUT2D eigenvalue weighted by Crippen LogP contribution is 2.25. The van der Waals surface area contributed by atoms with Crippen molar-refractivity contribution in [1.82, 2.24) is 10.2 Å². The van der Waals surface area contributed by atoms with Gasteiger partial charge in [0.2, 0.25) is 0 Å². The van der Waals surface area contributed by atoms with Gasteiger partial charge in [0.15, 0.2) is 5.96 Å². The quantitative estimate of drug-likeness (QED) is 0.124. The molecule has 5 nitrogen and oxygen atoms in total. The Labute approximate surface area is 191 Å². The van der Waals surface area contributed by atoms with Gasteiger partial charge in [-0.1, -0.05) is 31.0 Å². The van der Waals surface area contributed by atoms with Crippen LogP contribution in [0.1, 0.15) is 38.5 Å². The highest BCUT2D eigenvalue weighted by Gasteiger charge is 2.24. The first-order valence-electron chi connectivity index (χ1n) is 9.93. The summed E-state index contributed by atoms with van der Waals surface area (Å²) in [5, 5.41) is 3.49. The maximum absolute atomic E-state index is 11.1. The Hall–Kier alpha value is -0.960. The van der Waals surface area contributed by atoms with Crippen LogP contribution in [0, 0.1) is 5.92 Å². The highest BCUT2D eigenvalue weighted by molar-refractivity contribution is 14.0. The zero-order valence-corrected chi connectivity index (χ0v) is 20.2. The van der Waals surface area contributed by atoms with E-state index >= 15 is 0 Å². The van der Waals surface area contributed by atoms with Crippen LogP contribution in [0.25, 0.3) is 0 Å². The van der Waals surface area contributed by atoms with E-state index < -0.39 is 0 Å². The van der Waals surface area contributed by atoms with Crippen molar-refractivity contribution < 1.29 is 9.53 Å². The predicted octanol–water partition coefficient (Wildman–Crippen LogP) is 4.42. The van der Waals surface area contributed by atoms with Crippen molar-refractivity contribution in [1.29, 1.82) is 0 Å². The lowest BCUT2D eigenvalue weighted by atomic mass is 10.1. The molecule has 0 saturated carbocycles. The second-order valence-electron chi connectivity index (χ2n) is 6.94. The molecule has 2 rings (SSSR count). The average Bonchev–Trinajstić information content (AvgIpc) is 3.18. The molecular formula is C21H34IN3O2S. The van der Waals surface area contributed by atoms with Crippen LogP contribution >= 0.6 is 35.7 Å². The van der Waals surface area contributed by atoms with Gasteiger partial charge in [0.05, 0.1) is 7.11 Å². The van der Waals surface area contributed by atoms with Crippen LogP contribution < -0.4 is 5.32 Å². The van der Waals surface area contributed by atoms with E-state index in [1.54, 1.807) is 0 Å². The van der Waals surface area contributed by atoms with Crippen molar-refractivity contribution in [2.24, 2.45) is 10.9 Å². The standard InChI is InChI=1S/C21H33N3O2S.HI/c1-22-21(23-14-9-4-3-8-12-20(25)26-2)24-15-13-18(16-24)17-27-19-10-6-5-7-11-19;/h5-7,10-11,18H,3-4,8-9,12-17H2,1-2H3,(H,22,23);1H. The number of hydrogen-bond donors (Lipinski definition) is 1. The number of halogens is 1. The largest absolute Gasteiger partial charge is 0.469 e. The summed E-state index contributed by atoms with van der Waals surface area (Å²) in [6.45, 7) is 3.10. The predicted molar refractivity (Wildman–Crippen MR) is 129 cm³/mol. The highest BCUT2D eigenvalue weighted by atomic mass is 127. The number of carbonyl (C=O) groups excluding carboxylic acids is 1. The second kappa shape index (κ2) is 15.0. The van der Waals surface area contributed by atoms with Gasteiger partial charge < -0.3 is 15.0 Å². The van der Waals surface area contributed by atoms with E-state index in [-0.39, 0.29) is 29.9 Å². The Morgan fingerprint density at radius 1 is 1.25 bits per heavy atom. The number of ether oxygens (including phenoxy) is 1. The first-order chi connectivity index (χ1) is 13.2. The molecule has 0 aromatic heterocycles. The summed E-state index contributed by atoms with van der Waals surface area (Å²) < 4.78 is 4.66. The van der Waals surface area contributed by atoms with Crippen LogP contribution in [0.3, 0.4) is 0 Å². The molecule has 0 radical (unpaired) electrons. The summed E-state index contributed by atoms with van der Waals surface area (Å²) in [7, 11) is 3.31. The molecule has 0 bridgehead atoms. The minimum absolute atomic E-state index is 0. The van der Waals surface area contributed by atoms with Crippen LogP contribution in [0.2, 0.25) is 0 Å². The molecule has 7 heteroatoms. The molecule has 1 aromatic rings. The van der Waals surface area contributed by atoms with Crippen molar-refractivity contribution in [2.75, 3.05) is 39.5 Å². The molecule has 1 aromatic carbocycles. The topological polar surface area (TPSA) is 53.9 Å². The van der Waals surface area contributed by atoms with Crippen LogP contribution in [0.5, 0.6) is 0 Å². The summed E-state index contributed by atoms with van der Waals surface area (Å²) in [5.41, 5.74) is 0. The number of benzene rings is 1. The van der Waals surface area contributed by atoms with E-state index in [1.165, 1.54) is 18.4 Å². The molecule has 0 aliphatic carbocycles. The monoisotopic (exact) mass is 519 g/mol. The van der Waals surface area contributed by atoms with E-state index in [0.717, 1.165) is 57.0 Å². The van der Waals surface area contributed by atoms with Gasteiger partial charge in [0.25, 0.3) is 0 Å². The molecule has 28 heavy (non-hydrogen) atoms. The Morgan fingerprint density at radius 2 is 2.00 bits per heavy atom. The number of thioether (sulfide) groups is 1. The minimum Gasteiger partial charge on any atom is -0.469 e. The number of aliphatic imine (C=N–C) groups is 1. The van der Waals surface area contributed by atoms with Gasteiger partial charge in [-0.2, -0.15) is 0 Å². The zero-order valence-electron chi connectivity index (χ0n) is 17.1. The second-order valence-corrected chi connectivity index (χ2v) is 8.03. The Balaban J connectivity index is 0.00000392. The third-order valence-corrected chi connectivity index (χ3v) is 6.09. The van der Waals surface area contributed by atoms with E-state index in [4.69, 9.17) is 0 Å². The summed E-state index contributed by atoms with van der Waals surface area (Å²) >= 11 is 1.95. The number of likely N-dealkylation sites (tertiary alicyclic amines) is 1. The summed E-state index contributed by atoms with van der Waals surface area (Å²) in [4.78, 5) is 19.3. The van der Waals surface area contributed by atoms with Crippen LogP contribution in [0.15, 0.2) is 40.2 Å². The van der Waals surface area contributed by atoms with Crippen molar-refractivity contribution in [2.45, 2.75) is 43.4 Å². The lowest BCUT2D eigenvalue weighted by molar-refractivity contribution is -0.140. The van der Waals surface area contributed by atoms with Crippen molar-refractivity contribution in [3.63, 3.8) is 0 Å². The number of unbranched alkanes of at least 4 members (excludes halogenated alkanes) is 3. The fourth-order valence-electron chi connectivity index (χ4n) is 3.27. The third kappa shape index (κ3) is 9.49. The number of nitrogens with one attached hydrogen (secondary N) is 1. The molecule has 1 fully saturated rings. The molecule has 1 saturated heterocycles. The number of carbonyl (C=O) groups is 1. The maximum Gasteiger partial charge on any atom is 0.305 e. The first-order valence-corrected chi connectivity index (χ1v) is 10.9. The lowest BCUT2D eigenvalue weighted by Crippen LogP contribution is -2.40. The normalized spacial score (nSPS) is 16.6. The van der Waals surface area contributed by atoms with Gasteiger partial charge in [0, 0.05) is 43.8 Å². The molecule has 0 spiro atoms. The van der Waals surface area contributed by atoms with Gasteiger partial charge in [-0.3, -0.25) is 9.79 Å². The fraction of sp³-hybridized carbons (Fsp3) is 0.619. The smallest absolute Gasteiger partial charge is 0.305 e. The Bertz CT molecular complexity index is 586. The Morgan fingerprint density at radius 3 is 2.71 bits per heavy atom. The zero-order chi connectivity index (χ0) is 19.3. The SMILES string of the molecule is CN=C(NCCCCCCC(=O)OC)N1CCC(CSc2ccccc2)C1.I. The number of hydrogen-bond acceptors (Lipinski definition) is 4. The van der Waals surface area contributed by atoms with Crippen LogP contribution in [0.4, 0.5) is 0 Å². The summed E-state index contributed by atoms with van der Waals surface area (Å²) in [6, 6.07) is 10.6. The third-order valence-electron chi connectivity index (χ3n) is 4.84. The summed E-state index contributed by atoms with van der Waals surface area (Å²) in [5.74, 6) is 2.80. The molecule has 1 aliphatic rings. The van der Waals surface area contributed by atoms with Gasteiger partial charge in [-0.25, -0.2) is 0 Å². The Kier molecular flexibility index (Phi) is 13.4. The number of nitrogens with zero attached hydrogens (tertiary/aromatic N) is 2. The van der Waals surface area contributed by atoms with E-state index in [2.05, 4.69) is 50.3 Å². The molecular weight excluding hydrogens is 485 g/mol. The van der Waals surface area contributed by atoms with Gasteiger partial charge >= 0.3 is 5.97 Å². The van der Waals surface area contributed by atoms with Gasteiger partial charge in [-0.15, -0.1) is 35.7 Å². The molecule has 158 valence electrons.